The summed E-state index contributed by atoms with van der Waals surface area (Å²) in [4.78, 5) is 6.50. The van der Waals surface area contributed by atoms with Crippen molar-refractivity contribution in [2.24, 2.45) is 11.1 Å². The molecule has 0 bridgehead atoms. The zero-order valence-corrected chi connectivity index (χ0v) is 13.4. The number of nitrogens with two attached hydrogens (primary N) is 1. The minimum atomic E-state index is 0. The van der Waals surface area contributed by atoms with Crippen LogP contribution in [0.15, 0.2) is 4.52 Å². The van der Waals surface area contributed by atoms with Crippen molar-refractivity contribution in [2.75, 3.05) is 13.7 Å². The molecule has 2 rings (SSSR count). The minimum Gasteiger partial charge on any atom is -0.378 e. The molecule has 0 amide bonds. The average molecular weight is 305 g/mol. The van der Waals surface area contributed by atoms with E-state index >= 15 is 0 Å². The molecule has 0 aliphatic heterocycles. The van der Waals surface area contributed by atoms with Gasteiger partial charge in [-0.25, -0.2) is 0 Å². The van der Waals surface area contributed by atoms with Crippen LogP contribution in [-0.2, 0) is 17.8 Å². The van der Waals surface area contributed by atoms with Crippen LogP contribution < -0.4 is 5.73 Å². The van der Waals surface area contributed by atoms with Crippen molar-refractivity contribution >= 4 is 12.4 Å². The second-order valence-corrected chi connectivity index (χ2v) is 5.74. The molecule has 2 N–H and O–H groups in total. The Kier molecular flexibility index (Phi) is 5.94. The van der Waals surface area contributed by atoms with Gasteiger partial charge in [0.1, 0.15) is 0 Å². The first kappa shape index (κ1) is 17.4. The number of ether oxygens (including phenoxy) is 1. The number of halogens is 1. The van der Waals surface area contributed by atoms with E-state index < -0.39 is 0 Å². The molecule has 1 fully saturated rings. The second kappa shape index (κ2) is 6.85. The fourth-order valence-electron chi connectivity index (χ4n) is 2.87. The van der Waals surface area contributed by atoms with Gasteiger partial charge in [-0.3, -0.25) is 4.90 Å². The molecule has 116 valence electrons. The lowest BCUT2D eigenvalue weighted by atomic mass is 9.64. The van der Waals surface area contributed by atoms with Gasteiger partial charge in [0.25, 0.3) is 0 Å². The van der Waals surface area contributed by atoms with Gasteiger partial charge < -0.3 is 15.0 Å². The Morgan fingerprint density at radius 3 is 2.70 bits per heavy atom. The lowest BCUT2D eigenvalue weighted by molar-refractivity contribution is -0.147. The average Bonchev–Trinajstić information content (AvgIpc) is 2.81. The smallest absolute Gasteiger partial charge is 0.240 e. The van der Waals surface area contributed by atoms with Crippen LogP contribution >= 0.6 is 12.4 Å². The van der Waals surface area contributed by atoms with Crippen molar-refractivity contribution in [3.8, 4) is 0 Å². The Balaban J connectivity index is 0.00000200. The van der Waals surface area contributed by atoms with Crippen molar-refractivity contribution in [3.63, 3.8) is 0 Å². The van der Waals surface area contributed by atoms with E-state index in [2.05, 4.69) is 35.9 Å². The number of rotatable bonds is 6. The molecule has 1 heterocycles. The first-order valence-electron chi connectivity index (χ1n) is 6.82. The van der Waals surface area contributed by atoms with Crippen LogP contribution in [0.2, 0.25) is 0 Å². The van der Waals surface area contributed by atoms with Crippen molar-refractivity contribution in [2.45, 2.75) is 52.4 Å². The Morgan fingerprint density at radius 2 is 2.20 bits per heavy atom. The fraction of sp³-hybridized carbons (Fsp3) is 0.846. The SMILES string of the molecule is CCOC1CC(N(C)Cc2noc(CN)n2)C1(C)C.Cl. The summed E-state index contributed by atoms with van der Waals surface area (Å²) in [7, 11) is 2.09. The van der Waals surface area contributed by atoms with Crippen LogP contribution in [0.1, 0.15) is 38.9 Å². The molecular formula is C13H25ClN4O2. The molecule has 1 aliphatic rings. The molecule has 2 atom stereocenters. The second-order valence-electron chi connectivity index (χ2n) is 5.74. The normalized spacial score (nSPS) is 24.3. The third-order valence-corrected chi connectivity index (χ3v) is 4.10. The fourth-order valence-corrected chi connectivity index (χ4v) is 2.87. The van der Waals surface area contributed by atoms with Crippen molar-refractivity contribution in [3.05, 3.63) is 11.7 Å². The van der Waals surface area contributed by atoms with Gasteiger partial charge in [0.15, 0.2) is 5.82 Å². The standard InChI is InChI=1S/C13H24N4O2.ClH/c1-5-18-10-6-9(13(10,2)3)17(4)8-11-15-12(7-14)19-16-11;/h9-10H,5-8,14H2,1-4H3;1H. The Labute approximate surface area is 126 Å². The summed E-state index contributed by atoms with van der Waals surface area (Å²) in [5.41, 5.74) is 5.62. The van der Waals surface area contributed by atoms with Crippen LogP contribution in [0, 0.1) is 5.41 Å². The predicted octanol–water partition coefficient (Wildman–Crippen LogP) is 1.59. The summed E-state index contributed by atoms with van der Waals surface area (Å²) in [6, 6.07) is 0.476. The van der Waals surface area contributed by atoms with Crippen LogP contribution in [0.4, 0.5) is 0 Å². The van der Waals surface area contributed by atoms with Crippen LogP contribution in [0.25, 0.3) is 0 Å². The van der Waals surface area contributed by atoms with Crippen molar-refractivity contribution < 1.29 is 9.26 Å². The highest BCUT2D eigenvalue weighted by Gasteiger charge is 2.50. The highest BCUT2D eigenvalue weighted by Crippen LogP contribution is 2.45. The summed E-state index contributed by atoms with van der Waals surface area (Å²) in [6.07, 6.45) is 1.40. The van der Waals surface area contributed by atoms with Gasteiger partial charge in [0, 0.05) is 18.1 Å². The zero-order valence-electron chi connectivity index (χ0n) is 12.6. The minimum absolute atomic E-state index is 0. The number of hydrogen-bond acceptors (Lipinski definition) is 6. The van der Waals surface area contributed by atoms with E-state index in [0.717, 1.165) is 13.0 Å². The first-order valence-corrected chi connectivity index (χ1v) is 6.82. The molecule has 7 heteroatoms. The highest BCUT2D eigenvalue weighted by molar-refractivity contribution is 5.85. The first-order chi connectivity index (χ1) is 8.98. The maximum Gasteiger partial charge on any atom is 0.240 e. The monoisotopic (exact) mass is 304 g/mol. The lowest BCUT2D eigenvalue weighted by Gasteiger charge is -2.54. The van der Waals surface area contributed by atoms with Crippen molar-refractivity contribution in [1.29, 1.82) is 0 Å². The third kappa shape index (κ3) is 3.31. The van der Waals surface area contributed by atoms with E-state index in [1.165, 1.54) is 0 Å². The van der Waals surface area contributed by atoms with Crippen LogP contribution in [0.5, 0.6) is 0 Å². The molecule has 1 aromatic rings. The molecule has 1 aromatic heterocycles. The zero-order chi connectivity index (χ0) is 14.0. The van der Waals surface area contributed by atoms with E-state index in [-0.39, 0.29) is 24.4 Å². The van der Waals surface area contributed by atoms with Gasteiger partial charge in [-0.05, 0) is 20.4 Å². The van der Waals surface area contributed by atoms with Crippen molar-refractivity contribution in [1.82, 2.24) is 15.0 Å². The van der Waals surface area contributed by atoms with E-state index in [1.54, 1.807) is 0 Å². The van der Waals surface area contributed by atoms with Gasteiger partial charge in [-0.1, -0.05) is 19.0 Å². The topological polar surface area (TPSA) is 77.4 Å². The molecule has 1 aliphatic carbocycles. The van der Waals surface area contributed by atoms with E-state index in [1.807, 2.05) is 6.92 Å². The molecule has 1 saturated carbocycles. The highest BCUT2D eigenvalue weighted by atomic mass is 35.5. The van der Waals surface area contributed by atoms with Gasteiger partial charge in [-0.15, -0.1) is 12.4 Å². The van der Waals surface area contributed by atoms with Gasteiger partial charge in [0.2, 0.25) is 5.89 Å². The Hall–Kier alpha value is -0.690. The number of aromatic nitrogens is 2. The number of nitrogens with zero attached hydrogens (tertiary/aromatic N) is 3. The summed E-state index contributed by atoms with van der Waals surface area (Å²) in [6.45, 7) is 8.28. The lowest BCUT2D eigenvalue weighted by Crippen LogP contribution is -2.61. The van der Waals surface area contributed by atoms with Gasteiger partial charge in [-0.2, -0.15) is 4.98 Å². The van der Waals surface area contributed by atoms with E-state index in [0.29, 0.717) is 30.4 Å². The summed E-state index contributed by atoms with van der Waals surface area (Å²) in [5.74, 6) is 1.18. The summed E-state index contributed by atoms with van der Waals surface area (Å²) >= 11 is 0. The molecule has 6 nitrogen and oxygen atoms in total. The summed E-state index contributed by atoms with van der Waals surface area (Å²) in [5, 5.41) is 3.93. The quantitative estimate of drug-likeness (QED) is 0.860. The molecule has 0 saturated heterocycles. The maximum absolute atomic E-state index is 5.75. The molecule has 0 radical (unpaired) electrons. The molecule has 0 aromatic carbocycles. The predicted molar refractivity (Wildman–Crippen MR) is 78.5 cm³/mol. The van der Waals surface area contributed by atoms with Crippen LogP contribution in [0.3, 0.4) is 0 Å². The van der Waals surface area contributed by atoms with Crippen LogP contribution in [-0.4, -0.2) is 40.8 Å². The summed E-state index contributed by atoms with van der Waals surface area (Å²) < 4.78 is 10.8. The van der Waals surface area contributed by atoms with E-state index in [9.17, 15) is 0 Å². The molecular weight excluding hydrogens is 280 g/mol. The third-order valence-electron chi connectivity index (χ3n) is 4.10. The Morgan fingerprint density at radius 1 is 1.50 bits per heavy atom. The Bertz CT molecular complexity index is 424. The molecule has 20 heavy (non-hydrogen) atoms. The molecule has 2 unspecified atom stereocenters. The van der Waals surface area contributed by atoms with Gasteiger partial charge >= 0.3 is 0 Å². The van der Waals surface area contributed by atoms with Gasteiger partial charge in [0.05, 0.1) is 19.2 Å². The van der Waals surface area contributed by atoms with E-state index in [4.69, 9.17) is 15.0 Å². The number of hydrogen-bond donors (Lipinski definition) is 1. The maximum atomic E-state index is 5.75. The molecule has 0 spiro atoms. The largest absolute Gasteiger partial charge is 0.378 e.